The average Bonchev–Trinajstić information content (AvgIpc) is 2.75. The first-order chi connectivity index (χ1) is 14.5. The van der Waals surface area contributed by atoms with Gasteiger partial charge in [0.15, 0.2) is 11.6 Å². The van der Waals surface area contributed by atoms with E-state index >= 15 is 0 Å². The van der Waals surface area contributed by atoms with E-state index in [9.17, 15) is 17.6 Å². The Hall–Kier alpha value is -1.52. The van der Waals surface area contributed by atoms with E-state index < -0.39 is 12.4 Å². The summed E-state index contributed by atoms with van der Waals surface area (Å²) in [5.41, 5.74) is 0.895. The molecule has 30 heavy (non-hydrogen) atoms. The molecule has 0 bridgehead atoms. The highest BCUT2D eigenvalue weighted by atomic mass is 19.3. The quantitative estimate of drug-likeness (QED) is 0.286. The van der Waals surface area contributed by atoms with Crippen molar-refractivity contribution >= 4 is 0 Å². The Morgan fingerprint density at radius 2 is 1.57 bits per heavy atom. The molecule has 1 nitrogen and oxygen atoms in total. The van der Waals surface area contributed by atoms with Crippen molar-refractivity contribution in [1.82, 2.24) is 0 Å². The molecule has 1 aromatic carbocycles. The molecule has 0 radical (unpaired) electrons. The van der Waals surface area contributed by atoms with Gasteiger partial charge in [0, 0.05) is 0 Å². The van der Waals surface area contributed by atoms with Gasteiger partial charge in [-0.15, -0.1) is 0 Å². The standard InChI is InChI=1S/C25H34F4O/c26-16-2-1-3-18-4-6-19(7-5-18)8-9-20-10-12-21(13-11-20)22-14-15-24(23(27)17-22)30-25(28)29/h1,3,14-15,17-21,25H,2,4-13,16H2/b3-1+/t18-,19-,20?,21?. The van der Waals surface area contributed by atoms with Gasteiger partial charge >= 0.3 is 6.61 Å². The van der Waals surface area contributed by atoms with Crippen LogP contribution in [-0.4, -0.2) is 13.3 Å². The van der Waals surface area contributed by atoms with Gasteiger partial charge in [0.1, 0.15) is 0 Å². The van der Waals surface area contributed by atoms with Crippen LogP contribution in [0.5, 0.6) is 5.75 Å². The van der Waals surface area contributed by atoms with Crippen LogP contribution in [0.4, 0.5) is 17.6 Å². The lowest BCUT2D eigenvalue weighted by atomic mass is 9.74. The van der Waals surface area contributed by atoms with Gasteiger partial charge in [0.25, 0.3) is 0 Å². The number of alkyl halides is 3. The third kappa shape index (κ3) is 7.02. The summed E-state index contributed by atoms with van der Waals surface area (Å²) in [6.07, 6.45) is 16.7. The number of ether oxygens (including phenoxy) is 1. The SMILES string of the molecule is FCC/C=C/[C@H]1CC[C@H](CCC2CCC(c3ccc(OC(F)F)c(F)c3)CC2)CC1. The molecule has 2 aliphatic rings. The van der Waals surface area contributed by atoms with E-state index in [1.165, 1.54) is 50.7 Å². The Morgan fingerprint density at radius 3 is 2.13 bits per heavy atom. The Balaban J connectivity index is 1.37. The number of hydrogen-bond donors (Lipinski definition) is 0. The van der Waals surface area contributed by atoms with Crippen LogP contribution in [0.15, 0.2) is 30.4 Å². The van der Waals surface area contributed by atoms with E-state index in [0.717, 1.165) is 43.1 Å². The summed E-state index contributed by atoms with van der Waals surface area (Å²) in [4.78, 5) is 0. The molecule has 0 unspecified atom stereocenters. The second kappa shape index (κ2) is 11.8. The molecule has 3 rings (SSSR count). The minimum atomic E-state index is -3.01. The fourth-order valence-electron chi connectivity index (χ4n) is 5.24. The Labute approximate surface area is 177 Å². The predicted octanol–water partition coefficient (Wildman–Crippen LogP) is 8.20. The van der Waals surface area contributed by atoms with Crippen molar-refractivity contribution in [2.24, 2.45) is 17.8 Å². The monoisotopic (exact) mass is 426 g/mol. The van der Waals surface area contributed by atoms with Crippen LogP contribution in [0.1, 0.15) is 82.1 Å². The molecule has 0 saturated heterocycles. The number of benzene rings is 1. The minimum Gasteiger partial charge on any atom is -0.432 e. The Morgan fingerprint density at radius 1 is 0.933 bits per heavy atom. The van der Waals surface area contributed by atoms with Crippen LogP contribution in [-0.2, 0) is 0 Å². The maximum atomic E-state index is 14.0. The number of rotatable bonds is 9. The van der Waals surface area contributed by atoms with Gasteiger partial charge in [-0.2, -0.15) is 8.78 Å². The number of halogens is 4. The number of hydrogen-bond acceptors (Lipinski definition) is 1. The third-order valence-electron chi connectivity index (χ3n) is 7.05. The summed E-state index contributed by atoms with van der Waals surface area (Å²) in [6, 6.07) is 4.42. The summed E-state index contributed by atoms with van der Waals surface area (Å²) in [6.45, 7) is -3.27. The predicted molar refractivity (Wildman–Crippen MR) is 112 cm³/mol. The van der Waals surface area contributed by atoms with Crippen molar-refractivity contribution in [3.05, 3.63) is 41.7 Å². The smallest absolute Gasteiger partial charge is 0.387 e. The van der Waals surface area contributed by atoms with Crippen molar-refractivity contribution in [2.75, 3.05) is 6.67 Å². The lowest BCUT2D eigenvalue weighted by Crippen LogP contribution is -2.17. The summed E-state index contributed by atoms with van der Waals surface area (Å²) in [7, 11) is 0. The van der Waals surface area contributed by atoms with Crippen LogP contribution >= 0.6 is 0 Å². The fraction of sp³-hybridized carbons (Fsp3) is 0.680. The molecule has 0 N–H and O–H groups in total. The van der Waals surface area contributed by atoms with E-state index in [1.54, 1.807) is 6.07 Å². The summed E-state index contributed by atoms with van der Waals surface area (Å²) >= 11 is 0. The first kappa shape index (κ1) is 23.1. The maximum absolute atomic E-state index is 14.0. The van der Waals surface area contributed by atoms with Gasteiger partial charge in [-0.1, -0.05) is 31.1 Å². The molecule has 2 fully saturated rings. The Bertz CT molecular complexity index is 659. The van der Waals surface area contributed by atoms with E-state index in [2.05, 4.69) is 10.8 Å². The largest absolute Gasteiger partial charge is 0.432 e. The first-order valence-corrected chi connectivity index (χ1v) is 11.5. The van der Waals surface area contributed by atoms with Gasteiger partial charge in [0.2, 0.25) is 0 Å². The van der Waals surface area contributed by atoms with Crippen molar-refractivity contribution in [3.8, 4) is 5.75 Å². The zero-order valence-electron chi connectivity index (χ0n) is 17.7. The molecule has 5 heteroatoms. The highest BCUT2D eigenvalue weighted by molar-refractivity contribution is 5.31. The molecule has 0 amide bonds. The minimum absolute atomic E-state index is 0.262. The Kier molecular flexibility index (Phi) is 9.07. The zero-order chi connectivity index (χ0) is 21.3. The molecule has 0 spiro atoms. The van der Waals surface area contributed by atoms with Crippen LogP contribution in [0.2, 0.25) is 0 Å². The molecule has 0 aromatic heterocycles. The van der Waals surface area contributed by atoms with E-state index in [0.29, 0.717) is 18.3 Å². The number of allylic oxidation sites excluding steroid dienone is 2. The van der Waals surface area contributed by atoms with E-state index in [-0.39, 0.29) is 12.4 Å². The van der Waals surface area contributed by atoms with E-state index in [4.69, 9.17) is 0 Å². The fourth-order valence-corrected chi connectivity index (χ4v) is 5.24. The molecule has 2 saturated carbocycles. The molecule has 0 heterocycles. The summed E-state index contributed by atoms with van der Waals surface area (Å²) in [5.74, 6) is 1.43. The normalized spacial score (nSPS) is 27.6. The van der Waals surface area contributed by atoms with Crippen LogP contribution < -0.4 is 4.74 Å². The highest BCUT2D eigenvalue weighted by Gasteiger charge is 2.25. The molecule has 168 valence electrons. The van der Waals surface area contributed by atoms with Crippen molar-refractivity contribution in [3.63, 3.8) is 0 Å². The topological polar surface area (TPSA) is 9.23 Å². The molecular weight excluding hydrogens is 392 g/mol. The lowest BCUT2D eigenvalue weighted by Gasteiger charge is -2.31. The van der Waals surface area contributed by atoms with Crippen LogP contribution in [0, 0.1) is 23.6 Å². The van der Waals surface area contributed by atoms with E-state index in [1.807, 2.05) is 6.08 Å². The molecule has 0 atom stereocenters. The van der Waals surface area contributed by atoms with Gasteiger partial charge in [0.05, 0.1) is 6.67 Å². The summed E-state index contributed by atoms with van der Waals surface area (Å²) < 4.78 is 55.0. The average molecular weight is 427 g/mol. The molecule has 1 aromatic rings. The second-order valence-corrected chi connectivity index (χ2v) is 9.05. The summed E-state index contributed by atoms with van der Waals surface area (Å²) in [5, 5.41) is 0. The third-order valence-corrected chi connectivity index (χ3v) is 7.05. The molecule has 0 aliphatic heterocycles. The van der Waals surface area contributed by atoms with Crippen LogP contribution in [0.25, 0.3) is 0 Å². The zero-order valence-corrected chi connectivity index (χ0v) is 17.7. The van der Waals surface area contributed by atoms with Crippen molar-refractivity contribution in [2.45, 2.75) is 83.2 Å². The van der Waals surface area contributed by atoms with Gasteiger partial charge in [-0.25, -0.2) is 4.39 Å². The maximum Gasteiger partial charge on any atom is 0.387 e. The van der Waals surface area contributed by atoms with Gasteiger partial charge in [-0.3, -0.25) is 4.39 Å². The first-order valence-electron chi connectivity index (χ1n) is 11.5. The second-order valence-electron chi connectivity index (χ2n) is 9.05. The van der Waals surface area contributed by atoms with Gasteiger partial charge < -0.3 is 4.74 Å². The highest BCUT2D eigenvalue weighted by Crippen LogP contribution is 2.40. The molecule has 2 aliphatic carbocycles. The lowest BCUT2D eigenvalue weighted by molar-refractivity contribution is -0.0522. The van der Waals surface area contributed by atoms with Crippen molar-refractivity contribution in [1.29, 1.82) is 0 Å². The molecular formula is C25H34F4O. The van der Waals surface area contributed by atoms with Gasteiger partial charge in [-0.05, 0) is 99.2 Å². The van der Waals surface area contributed by atoms with Crippen LogP contribution in [0.3, 0.4) is 0 Å². The van der Waals surface area contributed by atoms with Crippen molar-refractivity contribution < 1.29 is 22.3 Å².